The quantitative estimate of drug-likeness (QED) is 0.780. The Morgan fingerprint density at radius 1 is 1.04 bits per heavy atom. The molecule has 3 rings (SSSR count). The number of piperidine rings is 1. The zero-order valence-corrected chi connectivity index (χ0v) is 16.0. The lowest BCUT2D eigenvalue weighted by molar-refractivity contribution is -0.137. The molecule has 1 aliphatic rings. The summed E-state index contributed by atoms with van der Waals surface area (Å²) in [5.41, 5.74) is 6.53. The number of hydrogen-bond acceptors (Lipinski definition) is 2. The molecule has 0 amide bonds. The maximum Gasteiger partial charge on any atom is 0.303 e. The van der Waals surface area contributed by atoms with Gasteiger partial charge in [0.1, 0.15) is 0 Å². The Balaban J connectivity index is 1.89. The van der Waals surface area contributed by atoms with Gasteiger partial charge in [-0.2, -0.15) is 0 Å². The SMILES string of the molecule is Cc1ccc(N2CC(CCC(=O)O)CC[C@H]2c2ccc(C)cc2C)cc1. The fraction of sp³-hybridized carbons (Fsp3) is 0.435. The third kappa shape index (κ3) is 4.27. The van der Waals surface area contributed by atoms with Crippen LogP contribution in [0.3, 0.4) is 0 Å². The Morgan fingerprint density at radius 2 is 1.73 bits per heavy atom. The minimum absolute atomic E-state index is 0.265. The van der Waals surface area contributed by atoms with E-state index in [1.807, 2.05) is 0 Å². The van der Waals surface area contributed by atoms with E-state index in [-0.39, 0.29) is 6.42 Å². The molecule has 1 heterocycles. The number of rotatable bonds is 5. The Bertz CT molecular complexity index is 766. The van der Waals surface area contributed by atoms with Crippen LogP contribution in [0.1, 0.15) is 54.0 Å². The van der Waals surface area contributed by atoms with Crippen LogP contribution in [-0.4, -0.2) is 17.6 Å². The molecule has 1 N–H and O–H groups in total. The van der Waals surface area contributed by atoms with Crippen LogP contribution in [0.15, 0.2) is 42.5 Å². The number of aryl methyl sites for hydroxylation is 3. The lowest BCUT2D eigenvalue weighted by atomic mass is 9.84. The van der Waals surface area contributed by atoms with Crippen molar-refractivity contribution in [3.63, 3.8) is 0 Å². The van der Waals surface area contributed by atoms with Gasteiger partial charge in [-0.1, -0.05) is 41.5 Å². The van der Waals surface area contributed by atoms with Gasteiger partial charge in [0.05, 0.1) is 6.04 Å². The normalized spacial score (nSPS) is 20.2. The van der Waals surface area contributed by atoms with Gasteiger partial charge in [-0.15, -0.1) is 0 Å². The van der Waals surface area contributed by atoms with Crippen LogP contribution in [0.5, 0.6) is 0 Å². The van der Waals surface area contributed by atoms with Crippen molar-refractivity contribution in [2.24, 2.45) is 5.92 Å². The van der Waals surface area contributed by atoms with Gasteiger partial charge in [0, 0.05) is 18.7 Å². The minimum atomic E-state index is -0.691. The second kappa shape index (κ2) is 7.94. The number of carbonyl (C=O) groups is 1. The largest absolute Gasteiger partial charge is 0.481 e. The third-order valence-corrected chi connectivity index (χ3v) is 5.60. The van der Waals surface area contributed by atoms with Crippen LogP contribution in [0, 0.1) is 26.7 Å². The van der Waals surface area contributed by atoms with Crippen LogP contribution in [-0.2, 0) is 4.79 Å². The molecule has 138 valence electrons. The summed E-state index contributed by atoms with van der Waals surface area (Å²) in [7, 11) is 0. The molecule has 2 aromatic carbocycles. The molecule has 0 aromatic heterocycles. The van der Waals surface area contributed by atoms with Crippen molar-refractivity contribution < 1.29 is 9.90 Å². The van der Waals surface area contributed by atoms with Gasteiger partial charge in [0.2, 0.25) is 0 Å². The molecular weight excluding hydrogens is 322 g/mol. The third-order valence-electron chi connectivity index (χ3n) is 5.60. The van der Waals surface area contributed by atoms with Crippen LogP contribution in [0.4, 0.5) is 5.69 Å². The number of carboxylic acid groups (broad SMARTS) is 1. The minimum Gasteiger partial charge on any atom is -0.481 e. The molecule has 0 bridgehead atoms. The van der Waals surface area contributed by atoms with E-state index in [1.165, 1.54) is 27.9 Å². The zero-order valence-electron chi connectivity index (χ0n) is 16.0. The van der Waals surface area contributed by atoms with E-state index in [1.54, 1.807) is 0 Å². The van der Waals surface area contributed by atoms with Crippen LogP contribution in [0.2, 0.25) is 0 Å². The summed E-state index contributed by atoms with van der Waals surface area (Å²) in [5, 5.41) is 9.04. The second-order valence-electron chi connectivity index (χ2n) is 7.74. The van der Waals surface area contributed by atoms with Crippen molar-refractivity contribution in [3.05, 3.63) is 64.7 Å². The summed E-state index contributed by atoms with van der Waals surface area (Å²) in [6.07, 6.45) is 3.19. The maximum atomic E-state index is 11.0. The molecule has 2 atom stereocenters. The van der Waals surface area contributed by atoms with Gasteiger partial charge in [-0.25, -0.2) is 0 Å². The van der Waals surface area contributed by atoms with Crippen molar-refractivity contribution in [1.29, 1.82) is 0 Å². The van der Waals surface area contributed by atoms with E-state index in [9.17, 15) is 4.79 Å². The fourth-order valence-electron chi connectivity index (χ4n) is 4.15. The van der Waals surface area contributed by atoms with Crippen molar-refractivity contribution in [2.45, 2.75) is 52.5 Å². The predicted molar refractivity (Wildman–Crippen MR) is 107 cm³/mol. The standard InChI is InChI=1S/C23H29NO2/c1-16-4-9-20(10-5-16)24-15-19(8-13-23(25)26)7-12-22(24)21-11-6-17(2)14-18(21)3/h4-6,9-11,14,19,22H,7-8,12-13,15H2,1-3H3,(H,25,26)/t19?,22-/m0/s1. The molecule has 1 saturated heterocycles. The number of anilines is 1. The van der Waals surface area contributed by atoms with E-state index >= 15 is 0 Å². The first-order chi connectivity index (χ1) is 12.4. The van der Waals surface area contributed by atoms with E-state index in [0.29, 0.717) is 12.0 Å². The molecule has 0 aliphatic carbocycles. The van der Waals surface area contributed by atoms with Gasteiger partial charge in [-0.3, -0.25) is 4.79 Å². The van der Waals surface area contributed by atoms with Gasteiger partial charge < -0.3 is 10.0 Å². The van der Waals surface area contributed by atoms with Crippen molar-refractivity contribution in [2.75, 3.05) is 11.4 Å². The summed E-state index contributed by atoms with van der Waals surface area (Å²) in [4.78, 5) is 13.5. The highest BCUT2D eigenvalue weighted by atomic mass is 16.4. The average Bonchev–Trinajstić information content (AvgIpc) is 2.61. The monoisotopic (exact) mass is 351 g/mol. The summed E-state index contributed by atoms with van der Waals surface area (Å²) >= 11 is 0. The summed E-state index contributed by atoms with van der Waals surface area (Å²) in [6.45, 7) is 7.37. The van der Waals surface area contributed by atoms with Crippen LogP contribution >= 0.6 is 0 Å². The van der Waals surface area contributed by atoms with Gasteiger partial charge >= 0.3 is 5.97 Å². The van der Waals surface area contributed by atoms with Gasteiger partial charge in [0.25, 0.3) is 0 Å². The van der Waals surface area contributed by atoms with E-state index < -0.39 is 5.97 Å². The molecule has 3 heteroatoms. The molecule has 0 spiro atoms. The van der Waals surface area contributed by atoms with Crippen LogP contribution < -0.4 is 4.90 Å². The second-order valence-corrected chi connectivity index (χ2v) is 7.74. The average molecular weight is 351 g/mol. The molecule has 2 aromatic rings. The number of carboxylic acids is 1. The maximum absolute atomic E-state index is 11.0. The summed E-state index contributed by atoms with van der Waals surface area (Å²) < 4.78 is 0. The summed E-state index contributed by atoms with van der Waals surface area (Å²) in [5.74, 6) is -0.252. The van der Waals surface area contributed by atoms with Crippen molar-refractivity contribution in [3.8, 4) is 0 Å². The highest BCUT2D eigenvalue weighted by Crippen LogP contribution is 2.39. The number of aliphatic carboxylic acids is 1. The number of nitrogens with zero attached hydrogens (tertiary/aromatic N) is 1. The fourth-order valence-corrected chi connectivity index (χ4v) is 4.15. The number of benzene rings is 2. The van der Waals surface area contributed by atoms with E-state index in [2.05, 4.69) is 68.1 Å². The Morgan fingerprint density at radius 3 is 2.38 bits per heavy atom. The number of hydrogen-bond donors (Lipinski definition) is 1. The lowest BCUT2D eigenvalue weighted by Gasteiger charge is -2.42. The molecular formula is C23H29NO2. The Labute approximate surface area is 156 Å². The van der Waals surface area contributed by atoms with E-state index in [0.717, 1.165) is 25.8 Å². The highest BCUT2D eigenvalue weighted by molar-refractivity contribution is 5.66. The molecule has 0 saturated carbocycles. The first-order valence-electron chi connectivity index (χ1n) is 9.56. The summed E-state index contributed by atoms with van der Waals surface area (Å²) in [6, 6.07) is 15.8. The first-order valence-corrected chi connectivity index (χ1v) is 9.56. The predicted octanol–water partition coefficient (Wildman–Crippen LogP) is 5.43. The van der Waals surface area contributed by atoms with E-state index in [4.69, 9.17) is 5.11 Å². The molecule has 1 unspecified atom stereocenters. The van der Waals surface area contributed by atoms with Gasteiger partial charge in [0.15, 0.2) is 0 Å². The smallest absolute Gasteiger partial charge is 0.303 e. The van der Waals surface area contributed by atoms with Crippen molar-refractivity contribution in [1.82, 2.24) is 0 Å². The zero-order chi connectivity index (χ0) is 18.7. The van der Waals surface area contributed by atoms with Crippen molar-refractivity contribution >= 4 is 11.7 Å². The lowest BCUT2D eigenvalue weighted by Crippen LogP contribution is -2.38. The first kappa shape index (κ1) is 18.5. The molecule has 0 radical (unpaired) electrons. The topological polar surface area (TPSA) is 40.5 Å². The molecule has 1 aliphatic heterocycles. The van der Waals surface area contributed by atoms with Crippen LogP contribution in [0.25, 0.3) is 0 Å². The Hall–Kier alpha value is -2.29. The molecule has 1 fully saturated rings. The molecule has 3 nitrogen and oxygen atoms in total. The van der Waals surface area contributed by atoms with Gasteiger partial charge in [-0.05, 0) is 69.2 Å². The Kier molecular flexibility index (Phi) is 5.65. The highest BCUT2D eigenvalue weighted by Gasteiger charge is 2.30. The molecule has 26 heavy (non-hydrogen) atoms.